The quantitative estimate of drug-likeness (QED) is 0.137. The largest absolute Gasteiger partial charge is 0.694 e. The molecule has 3 rings (SSSR count). The molecule has 2 unspecified atom stereocenters. The summed E-state index contributed by atoms with van der Waals surface area (Å²) < 4.78 is 27.5. The lowest BCUT2D eigenvalue weighted by Gasteiger charge is -2.22. The van der Waals surface area contributed by atoms with Crippen LogP contribution < -0.4 is 22.1 Å². The Balaban J connectivity index is 1.73. The number of carbonyl (C=O) groups excluding carboxylic acids is 2. The van der Waals surface area contributed by atoms with E-state index >= 15 is 0 Å². The number of hydrogen-bond donors (Lipinski definition) is 5. The zero-order chi connectivity index (χ0) is 26.8. The molecule has 198 valence electrons. The Morgan fingerprint density at radius 2 is 2.19 bits per heavy atom. The van der Waals surface area contributed by atoms with Crippen LogP contribution in [0.4, 0.5) is 17.3 Å². The highest BCUT2D eigenvalue weighted by molar-refractivity contribution is 7.32. The van der Waals surface area contributed by atoms with E-state index in [2.05, 4.69) is 32.2 Å². The van der Waals surface area contributed by atoms with Gasteiger partial charge >= 0.3 is 14.2 Å². The van der Waals surface area contributed by atoms with Gasteiger partial charge in [0.05, 0.1) is 0 Å². The molecule has 1 amide bonds. The molecule has 15 heteroatoms. The van der Waals surface area contributed by atoms with Crippen LogP contribution in [-0.4, -0.2) is 62.8 Å². The molecule has 0 radical (unpaired) electrons. The minimum Gasteiger partial charge on any atom is -0.458 e. The van der Waals surface area contributed by atoms with Crippen LogP contribution in [0.1, 0.15) is 24.8 Å². The Bertz CT molecular complexity index is 1110. The molecule has 2 aromatic rings. The fourth-order valence-corrected chi connectivity index (χ4v) is 3.85. The maximum atomic E-state index is 13.2. The van der Waals surface area contributed by atoms with Crippen molar-refractivity contribution in [1.29, 1.82) is 0 Å². The molecule has 3 heterocycles. The molecule has 2 aromatic heterocycles. The van der Waals surface area contributed by atoms with Crippen molar-refractivity contribution >= 4 is 37.5 Å². The van der Waals surface area contributed by atoms with E-state index in [-0.39, 0.29) is 49.1 Å². The first-order valence-electron chi connectivity index (χ1n) is 11.3. The number of anilines is 3. The minimum atomic E-state index is -2.91. The molecule has 0 saturated carbocycles. The smallest absolute Gasteiger partial charge is 0.458 e. The van der Waals surface area contributed by atoms with Crippen LogP contribution in [0.5, 0.6) is 0 Å². The number of esters is 1. The van der Waals surface area contributed by atoms with Gasteiger partial charge in [0.1, 0.15) is 43.1 Å². The van der Waals surface area contributed by atoms with Crippen molar-refractivity contribution < 1.29 is 33.0 Å². The van der Waals surface area contributed by atoms with Gasteiger partial charge in [-0.25, -0.2) is 14.8 Å². The van der Waals surface area contributed by atoms with Crippen LogP contribution in [0, 0.1) is 0 Å². The number of rotatable bonds is 13. The third-order valence-corrected chi connectivity index (χ3v) is 5.76. The number of nitrogen functional groups attached to an aromatic ring is 2. The monoisotopic (exact) mass is 534 g/mol. The maximum absolute atomic E-state index is 13.2. The van der Waals surface area contributed by atoms with Gasteiger partial charge in [-0.3, -0.25) is 9.78 Å². The SMILES string of the molecule is C=CCCC(=O)N[C@@H](Cc1cccnc1)C(=O)OC1C[C@H](Nc2ncnc(N)c2N)O[C@@H]1CO[P+](=O)O. The molecule has 5 atom stereocenters. The molecular weight excluding hydrogens is 505 g/mol. The molecule has 1 fully saturated rings. The second-order valence-electron chi connectivity index (χ2n) is 8.09. The van der Waals surface area contributed by atoms with Crippen LogP contribution in [-0.2, 0) is 34.6 Å². The van der Waals surface area contributed by atoms with Crippen molar-refractivity contribution in [2.45, 2.75) is 50.2 Å². The molecule has 7 N–H and O–H groups in total. The van der Waals surface area contributed by atoms with Gasteiger partial charge in [-0.05, 0) is 18.1 Å². The molecule has 0 bridgehead atoms. The molecule has 1 aliphatic heterocycles. The first-order chi connectivity index (χ1) is 17.8. The van der Waals surface area contributed by atoms with Gasteiger partial charge in [-0.1, -0.05) is 12.1 Å². The van der Waals surface area contributed by atoms with Crippen LogP contribution in [0.15, 0.2) is 43.5 Å². The average Bonchev–Trinajstić information content (AvgIpc) is 3.25. The second-order valence-corrected chi connectivity index (χ2v) is 8.82. The van der Waals surface area contributed by atoms with Crippen LogP contribution in [0.2, 0.25) is 0 Å². The van der Waals surface area contributed by atoms with Crippen molar-refractivity contribution in [1.82, 2.24) is 20.3 Å². The van der Waals surface area contributed by atoms with Gasteiger partial charge in [0.15, 0.2) is 11.6 Å². The summed E-state index contributed by atoms with van der Waals surface area (Å²) in [6, 6.07) is 2.48. The third kappa shape index (κ3) is 8.43. The number of nitrogens with one attached hydrogen (secondary N) is 2. The van der Waals surface area contributed by atoms with Gasteiger partial charge in [0, 0.05) is 36.2 Å². The van der Waals surface area contributed by atoms with Crippen molar-refractivity contribution in [2.75, 3.05) is 23.4 Å². The molecule has 0 spiro atoms. The fourth-order valence-electron chi connectivity index (χ4n) is 3.57. The highest BCUT2D eigenvalue weighted by atomic mass is 31.1. The first-order valence-corrected chi connectivity index (χ1v) is 12.5. The third-order valence-electron chi connectivity index (χ3n) is 5.39. The number of nitrogens with two attached hydrogens (primary N) is 2. The minimum absolute atomic E-state index is 0.0704. The zero-order valence-electron chi connectivity index (χ0n) is 19.9. The number of carbonyl (C=O) groups is 2. The summed E-state index contributed by atoms with van der Waals surface area (Å²) in [5.74, 6) is -0.779. The lowest BCUT2D eigenvalue weighted by molar-refractivity contribution is -0.156. The second kappa shape index (κ2) is 13.6. The summed E-state index contributed by atoms with van der Waals surface area (Å²) in [5, 5.41) is 5.64. The molecule has 1 aliphatic rings. The number of hydrogen-bond acceptors (Lipinski definition) is 12. The summed E-state index contributed by atoms with van der Waals surface area (Å²) in [5.41, 5.74) is 12.4. The Labute approximate surface area is 213 Å². The first kappa shape index (κ1) is 27.9. The van der Waals surface area contributed by atoms with Crippen LogP contribution >= 0.6 is 8.25 Å². The van der Waals surface area contributed by atoms with E-state index in [0.29, 0.717) is 12.0 Å². The van der Waals surface area contributed by atoms with Crippen LogP contribution in [0.3, 0.4) is 0 Å². The van der Waals surface area contributed by atoms with E-state index in [9.17, 15) is 14.2 Å². The number of nitrogens with zero attached hydrogens (tertiary/aromatic N) is 3. The predicted octanol–water partition coefficient (Wildman–Crippen LogP) is 0.835. The maximum Gasteiger partial charge on any atom is 0.694 e. The standard InChI is InChI=1S/C22H28N7O7P/c1-2-3-6-17(30)28-14(8-13-5-4-7-25-10-13)22(31)36-15-9-18(35-16(15)11-34-37(32)33)29-21-19(23)20(24)26-12-27-21/h2,4-5,7,10,12,14-16,18H,1,3,6,8-9,11,23H2,(H4-,24,26,27,28,29,30,32,33)/p+1/t14-,15?,16+,18+/m0/s1. The van der Waals surface area contributed by atoms with E-state index < -0.39 is 38.7 Å². The van der Waals surface area contributed by atoms with E-state index in [0.717, 1.165) is 0 Å². The average molecular weight is 534 g/mol. The summed E-state index contributed by atoms with van der Waals surface area (Å²) in [4.78, 5) is 46.5. The van der Waals surface area contributed by atoms with Crippen molar-refractivity contribution in [3.8, 4) is 0 Å². The lowest BCUT2D eigenvalue weighted by Crippen LogP contribution is -2.45. The normalized spacial score (nSPS) is 20.0. The van der Waals surface area contributed by atoms with Crippen molar-refractivity contribution in [3.63, 3.8) is 0 Å². The van der Waals surface area contributed by atoms with E-state index in [1.165, 1.54) is 6.33 Å². The highest BCUT2D eigenvalue weighted by Crippen LogP contribution is 2.29. The number of aromatic nitrogens is 3. The topological polar surface area (TPSA) is 214 Å². The van der Waals surface area contributed by atoms with Crippen molar-refractivity contribution in [2.24, 2.45) is 0 Å². The molecular formula is C22H29N7O7P+. The van der Waals surface area contributed by atoms with E-state index in [1.807, 2.05) is 0 Å². The van der Waals surface area contributed by atoms with Gasteiger partial charge in [0.2, 0.25) is 5.91 Å². The number of ether oxygens (including phenoxy) is 2. The lowest BCUT2D eigenvalue weighted by atomic mass is 10.1. The molecule has 1 saturated heterocycles. The molecule has 14 nitrogen and oxygen atoms in total. The van der Waals surface area contributed by atoms with Gasteiger partial charge in [-0.15, -0.1) is 16.0 Å². The van der Waals surface area contributed by atoms with Crippen LogP contribution in [0.25, 0.3) is 0 Å². The number of allylic oxidation sites excluding steroid dienone is 1. The molecule has 0 aromatic carbocycles. The van der Waals surface area contributed by atoms with Gasteiger partial charge in [0.25, 0.3) is 0 Å². The Hall–Kier alpha value is -3.71. The highest BCUT2D eigenvalue weighted by Gasteiger charge is 2.41. The Morgan fingerprint density at radius 1 is 1.38 bits per heavy atom. The summed E-state index contributed by atoms with van der Waals surface area (Å²) in [7, 11) is -2.91. The fraction of sp³-hybridized carbons (Fsp3) is 0.409. The summed E-state index contributed by atoms with van der Waals surface area (Å²) in [6.07, 6.45) is 4.32. The zero-order valence-corrected chi connectivity index (χ0v) is 20.8. The number of amides is 1. The molecule has 0 aliphatic carbocycles. The summed E-state index contributed by atoms with van der Waals surface area (Å²) in [6.45, 7) is 3.26. The predicted molar refractivity (Wildman–Crippen MR) is 133 cm³/mol. The van der Waals surface area contributed by atoms with E-state index in [1.54, 1.807) is 30.6 Å². The Kier molecular flexibility index (Phi) is 10.2. The van der Waals surface area contributed by atoms with E-state index in [4.69, 9.17) is 30.4 Å². The van der Waals surface area contributed by atoms with Crippen molar-refractivity contribution in [3.05, 3.63) is 49.1 Å². The molecule has 37 heavy (non-hydrogen) atoms. The summed E-state index contributed by atoms with van der Waals surface area (Å²) >= 11 is 0. The Morgan fingerprint density at radius 3 is 2.89 bits per heavy atom. The van der Waals surface area contributed by atoms with Gasteiger partial charge in [-0.2, -0.15) is 0 Å². The van der Waals surface area contributed by atoms with Gasteiger partial charge < -0.3 is 31.6 Å². The number of pyridine rings is 1.